The van der Waals surface area contributed by atoms with E-state index in [2.05, 4.69) is 41.2 Å². The van der Waals surface area contributed by atoms with Crippen LogP contribution in [0.5, 0.6) is 0 Å². The van der Waals surface area contributed by atoms with Gasteiger partial charge in [0.2, 0.25) is 5.16 Å². The molecule has 0 fully saturated rings. The lowest BCUT2D eigenvalue weighted by atomic mass is 10.0. The van der Waals surface area contributed by atoms with Crippen LogP contribution in [0, 0.1) is 0 Å². The molecule has 0 saturated heterocycles. The molecule has 1 heterocycles. The molecule has 0 saturated carbocycles. The lowest BCUT2D eigenvalue weighted by Gasteiger charge is -2.07. The van der Waals surface area contributed by atoms with Crippen LogP contribution in [0.2, 0.25) is 0 Å². The predicted octanol–water partition coefficient (Wildman–Crippen LogP) is 6.41. The molecule has 2 aromatic carbocycles. The summed E-state index contributed by atoms with van der Waals surface area (Å²) in [5.74, 6) is 1.45. The average Bonchev–Trinajstić information content (AvgIpc) is 3.12. The zero-order valence-corrected chi connectivity index (χ0v) is 16.3. The minimum atomic E-state index is -4.34. The molecular weight excluding hydrogens is 383 g/mol. The van der Waals surface area contributed by atoms with Gasteiger partial charge in [0.1, 0.15) is 5.82 Å². The maximum Gasteiger partial charge on any atom is 0.416 e. The Labute approximate surface area is 166 Å². The van der Waals surface area contributed by atoms with Crippen LogP contribution in [-0.2, 0) is 11.9 Å². The van der Waals surface area contributed by atoms with Crippen molar-refractivity contribution in [2.24, 2.45) is 0 Å². The van der Waals surface area contributed by atoms with E-state index in [1.165, 1.54) is 23.4 Å². The molecule has 28 heavy (non-hydrogen) atoms. The summed E-state index contributed by atoms with van der Waals surface area (Å²) in [6.07, 6.45) is -0.575. The fourth-order valence-corrected chi connectivity index (χ4v) is 3.30. The quantitative estimate of drug-likeness (QED) is 0.484. The monoisotopic (exact) mass is 403 g/mol. The Bertz CT molecular complexity index is 944. The van der Waals surface area contributed by atoms with Crippen LogP contribution in [0.1, 0.15) is 47.8 Å². The van der Waals surface area contributed by atoms with Gasteiger partial charge in [-0.1, -0.05) is 74.1 Å². The highest BCUT2D eigenvalue weighted by Gasteiger charge is 2.30. The van der Waals surface area contributed by atoms with E-state index < -0.39 is 11.7 Å². The van der Waals surface area contributed by atoms with Crippen LogP contribution in [0.25, 0.3) is 12.2 Å². The Morgan fingerprint density at radius 1 is 1.07 bits per heavy atom. The zero-order chi connectivity index (χ0) is 20.1. The van der Waals surface area contributed by atoms with Gasteiger partial charge in [-0.05, 0) is 34.8 Å². The van der Waals surface area contributed by atoms with Gasteiger partial charge in [0, 0.05) is 5.75 Å². The number of aromatic amines is 1. The normalized spacial score (nSPS) is 12.2. The number of thioether (sulfide) groups is 1. The summed E-state index contributed by atoms with van der Waals surface area (Å²) >= 11 is 1.29. The molecule has 146 valence electrons. The number of aromatic nitrogens is 3. The van der Waals surface area contributed by atoms with Crippen LogP contribution in [0.3, 0.4) is 0 Å². The van der Waals surface area contributed by atoms with Gasteiger partial charge in [0.25, 0.3) is 0 Å². The first-order valence-corrected chi connectivity index (χ1v) is 9.79. The highest BCUT2D eigenvalue weighted by atomic mass is 32.2. The molecule has 0 aliphatic heterocycles. The van der Waals surface area contributed by atoms with Gasteiger partial charge < -0.3 is 0 Å². The van der Waals surface area contributed by atoms with Crippen molar-refractivity contribution in [1.82, 2.24) is 15.2 Å². The average molecular weight is 403 g/mol. The molecule has 3 rings (SSSR count). The third-order valence-corrected chi connectivity index (χ3v) is 5.06. The van der Waals surface area contributed by atoms with Crippen LogP contribution in [0.15, 0.2) is 53.7 Å². The highest BCUT2D eigenvalue weighted by Crippen LogP contribution is 2.30. The maximum atomic E-state index is 12.8. The number of nitrogens with one attached hydrogen (secondary N) is 1. The highest BCUT2D eigenvalue weighted by molar-refractivity contribution is 7.98. The van der Waals surface area contributed by atoms with Crippen molar-refractivity contribution in [2.75, 3.05) is 0 Å². The molecule has 0 bridgehead atoms. The summed E-state index contributed by atoms with van der Waals surface area (Å²) in [6.45, 7) is 4.30. The fourth-order valence-electron chi connectivity index (χ4n) is 2.55. The number of nitrogens with zero attached hydrogens (tertiary/aromatic N) is 2. The van der Waals surface area contributed by atoms with Gasteiger partial charge in [-0.15, -0.1) is 5.10 Å². The lowest BCUT2D eigenvalue weighted by Crippen LogP contribution is -2.04. The van der Waals surface area contributed by atoms with E-state index in [0.29, 0.717) is 28.2 Å². The van der Waals surface area contributed by atoms with Crippen LogP contribution < -0.4 is 0 Å². The molecule has 0 aliphatic carbocycles. The number of halogens is 3. The van der Waals surface area contributed by atoms with Crippen LogP contribution in [-0.4, -0.2) is 15.2 Å². The largest absolute Gasteiger partial charge is 0.416 e. The Hall–Kier alpha value is -2.54. The molecule has 0 unspecified atom stereocenters. The molecule has 0 aliphatic rings. The minimum Gasteiger partial charge on any atom is -0.259 e. The van der Waals surface area contributed by atoms with Gasteiger partial charge in [0.15, 0.2) is 0 Å². The molecule has 3 nitrogen and oxygen atoms in total. The van der Waals surface area contributed by atoms with E-state index >= 15 is 0 Å². The molecule has 1 N–H and O–H groups in total. The van der Waals surface area contributed by atoms with Crippen molar-refractivity contribution < 1.29 is 13.2 Å². The van der Waals surface area contributed by atoms with E-state index in [9.17, 15) is 13.2 Å². The summed E-state index contributed by atoms with van der Waals surface area (Å²) in [5.41, 5.74) is 2.27. The second-order valence-corrected chi connectivity index (χ2v) is 7.59. The number of rotatable bonds is 6. The number of benzene rings is 2. The Morgan fingerprint density at radius 3 is 2.50 bits per heavy atom. The van der Waals surface area contributed by atoms with Crippen molar-refractivity contribution in [1.29, 1.82) is 0 Å². The van der Waals surface area contributed by atoms with E-state index in [-0.39, 0.29) is 0 Å². The van der Waals surface area contributed by atoms with E-state index in [0.717, 1.165) is 17.7 Å². The zero-order valence-electron chi connectivity index (χ0n) is 15.5. The third-order valence-electron chi connectivity index (χ3n) is 4.14. The van der Waals surface area contributed by atoms with Gasteiger partial charge in [-0.2, -0.15) is 13.2 Å². The topological polar surface area (TPSA) is 41.6 Å². The molecule has 0 spiro atoms. The molecule has 0 radical (unpaired) electrons. The van der Waals surface area contributed by atoms with Crippen LogP contribution >= 0.6 is 11.8 Å². The van der Waals surface area contributed by atoms with E-state index in [1.54, 1.807) is 6.07 Å². The Kier molecular flexibility index (Phi) is 6.24. The summed E-state index contributed by atoms with van der Waals surface area (Å²) in [7, 11) is 0. The van der Waals surface area contributed by atoms with E-state index in [1.807, 2.05) is 24.3 Å². The first-order chi connectivity index (χ1) is 13.3. The smallest absolute Gasteiger partial charge is 0.259 e. The molecule has 3 aromatic rings. The second kappa shape index (κ2) is 8.65. The molecule has 0 atom stereocenters. The maximum absolute atomic E-state index is 12.8. The molecule has 1 aromatic heterocycles. The predicted molar refractivity (Wildman–Crippen MR) is 107 cm³/mol. The van der Waals surface area contributed by atoms with Gasteiger partial charge in [-0.25, -0.2) is 4.98 Å². The lowest BCUT2D eigenvalue weighted by molar-refractivity contribution is -0.137. The summed E-state index contributed by atoms with van der Waals surface area (Å²) in [4.78, 5) is 4.34. The number of hydrogen-bond acceptors (Lipinski definition) is 3. The number of H-pyrrole nitrogens is 1. The number of alkyl halides is 3. The van der Waals surface area contributed by atoms with Crippen molar-refractivity contribution in [2.45, 2.75) is 36.9 Å². The molecular formula is C21H20F3N3S. The number of hydrogen-bond donors (Lipinski definition) is 1. The Morgan fingerprint density at radius 2 is 1.82 bits per heavy atom. The van der Waals surface area contributed by atoms with Crippen molar-refractivity contribution in [3.8, 4) is 0 Å². The summed E-state index contributed by atoms with van der Waals surface area (Å²) in [6, 6.07) is 13.6. The first-order valence-electron chi connectivity index (χ1n) is 8.80. The SMILES string of the molecule is CC(C)c1ccc(C=Cc2nc(SCc3cccc(C(F)(F)F)c3)n[nH]2)cc1. The standard InChI is InChI=1S/C21H20F3N3S/c1-14(2)17-9-6-15(7-10-17)8-11-19-25-20(27-26-19)28-13-16-4-3-5-18(12-16)21(22,23)24/h3-12,14H,13H2,1-2H3,(H,25,26,27). The van der Waals surface area contributed by atoms with E-state index in [4.69, 9.17) is 0 Å². The van der Waals surface area contributed by atoms with Crippen molar-refractivity contribution in [3.05, 3.63) is 76.6 Å². The second-order valence-electron chi connectivity index (χ2n) is 6.64. The van der Waals surface area contributed by atoms with Gasteiger partial charge in [0.05, 0.1) is 5.56 Å². The molecule has 7 heteroatoms. The first kappa shape index (κ1) is 20.2. The van der Waals surface area contributed by atoms with Crippen LogP contribution in [0.4, 0.5) is 13.2 Å². The van der Waals surface area contributed by atoms with Crippen molar-refractivity contribution in [3.63, 3.8) is 0 Å². The van der Waals surface area contributed by atoms with Crippen molar-refractivity contribution >= 4 is 23.9 Å². The Balaban J connectivity index is 1.60. The summed E-state index contributed by atoms with van der Waals surface area (Å²) < 4.78 is 38.3. The minimum absolute atomic E-state index is 0.363. The fraction of sp³-hybridized carbons (Fsp3) is 0.238. The van der Waals surface area contributed by atoms with Gasteiger partial charge >= 0.3 is 6.18 Å². The molecule has 0 amide bonds. The third kappa shape index (κ3) is 5.48. The summed E-state index contributed by atoms with van der Waals surface area (Å²) in [5, 5.41) is 7.43. The van der Waals surface area contributed by atoms with Gasteiger partial charge in [-0.3, -0.25) is 5.10 Å².